The van der Waals surface area contributed by atoms with E-state index in [2.05, 4.69) is 28.1 Å². The van der Waals surface area contributed by atoms with Gasteiger partial charge in [0.25, 0.3) is 0 Å². The quantitative estimate of drug-likeness (QED) is 0.616. The maximum atomic E-state index is 4.94. The fourth-order valence-corrected chi connectivity index (χ4v) is 1.66. The first-order chi connectivity index (χ1) is 7.33. The van der Waals surface area contributed by atoms with E-state index in [1.807, 2.05) is 18.3 Å². The van der Waals surface area contributed by atoms with Crippen LogP contribution in [0.25, 0.3) is 10.9 Å². The molecule has 1 heterocycles. The number of nitrogens with zero attached hydrogens (tertiary/aromatic N) is 1. The van der Waals surface area contributed by atoms with E-state index >= 15 is 0 Å². The molecule has 1 aromatic carbocycles. The molecule has 4 nitrogen and oxygen atoms in total. The van der Waals surface area contributed by atoms with Gasteiger partial charge >= 0.3 is 0 Å². The molecule has 15 heavy (non-hydrogen) atoms. The molecule has 0 fully saturated rings. The van der Waals surface area contributed by atoms with Crippen molar-refractivity contribution in [2.75, 3.05) is 13.7 Å². The van der Waals surface area contributed by atoms with Gasteiger partial charge < -0.3 is 0 Å². The lowest BCUT2D eigenvalue weighted by Gasteiger charge is -2.11. The van der Waals surface area contributed by atoms with Crippen molar-refractivity contribution in [1.29, 1.82) is 0 Å². The Morgan fingerprint density at radius 3 is 3.13 bits per heavy atom. The van der Waals surface area contributed by atoms with Crippen molar-refractivity contribution in [3.05, 3.63) is 30.0 Å². The van der Waals surface area contributed by atoms with Crippen molar-refractivity contribution in [2.24, 2.45) is 0 Å². The number of rotatable bonds is 4. The number of H-pyrrole nitrogens is 1. The minimum Gasteiger partial charge on any atom is -0.278 e. The monoisotopic (exact) mass is 206 g/mol. The molecule has 1 N–H and O–H groups in total. The third-order valence-corrected chi connectivity index (χ3v) is 2.48. The SMILES string of the molecule is COOCC(C)c1cccc2cn[nH]c12. The zero-order valence-corrected chi connectivity index (χ0v) is 8.86. The number of aromatic amines is 1. The Hall–Kier alpha value is -1.39. The van der Waals surface area contributed by atoms with Gasteiger partial charge in [-0.15, -0.1) is 0 Å². The molecule has 2 rings (SSSR count). The highest BCUT2D eigenvalue weighted by Gasteiger charge is 2.10. The average Bonchev–Trinajstić information content (AvgIpc) is 2.73. The lowest BCUT2D eigenvalue weighted by Crippen LogP contribution is -2.04. The van der Waals surface area contributed by atoms with Crippen LogP contribution in [0, 0.1) is 0 Å². The Morgan fingerprint density at radius 1 is 1.47 bits per heavy atom. The Balaban J connectivity index is 2.29. The molecule has 1 unspecified atom stereocenters. The number of hydrogen-bond donors (Lipinski definition) is 1. The van der Waals surface area contributed by atoms with Gasteiger partial charge in [0.2, 0.25) is 0 Å². The molecule has 0 spiro atoms. The highest BCUT2D eigenvalue weighted by molar-refractivity contribution is 5.81. The van der Waals surface area contributed by atoms with E-state index in [0.717, 1.165) is 10.9 Å². The van der Waals surface area contributed by atoms with Gasteiger partial charge in [-0.3, -0.25) is 5.10 Å². The molecule has 2 aromatic rings. The molecule has 1 aromatic heterocycles. The third kappa shape index (κ3) is 2.00. The lowest BCUT2D eigenvalue weighted by atomic mass is 10.00. The van der Waals surface area contributed by atoms with Crippen LogP contribution in [0.4, 0.5) is 0 Å². The molecule has 0 radical (unpaired) electrons. The second-order valence-corrected chi connectivity index (χ2v) is 3.53. The number of hydrogen-bond acceptors (Lipinski definition) is 3. The summed E-state index contributed by atoms with van der Waals surface area (Å²) in [6.45, 7) is 2.63. The van der Waals surface area contributed by atoms with Crippen LogP contribution in [-0.4, -0.2) is 23.9 Å². The highest BCUT2D eigenvalue weighted by atomic mass is 17.2. The van der Waals surface area contributed by atoms with E-state index in [9.17, 15) is 0 Å². The first kappa shape index (κ1) is 10.1. The van der Waals surface area contributed by atoms with Gasteiger partial charge in [0.1, 0.15) is 0 Å². The number of fused-ring (bicyclic) bond motifs is 1. The molecule has 0 aliphatic carbocycles. The number of para-hydroxylation sites is 1. The van der Waals surface area contributed by atoms with Gasteiger partial charge in [-0.25, -0.2) is 9.78 Å². The Kier molecular flexibility index (Phi) is 2.99. The fraction of sp³-hybridized carbons (Fsp3) is 0.364. The Labute approximate surface area is 88.1 Å². The van der Waals surface area contributed by atoms with Crippen molar-refractivity contribution >= 4 is 10.9 Å². The van der Waals surface area contributed by atoms with Crippen LogP contribution in [0.5, 0.6) is 0 Å². The number of aromatic nitrogens is 2. The molecule has 0 amide bonds. The second-order valence-electron chi connectivity index (χ2n) is 3.53. The number of benzene rings is 1. The van der Waals surface area contributed by atoms with Crippen LogP contribution in [0.2, 0.25) is 0 Å². The van der Waals surface area contributed by atoms with Gasteiger partial charge in [-0.2, -0.15) is 5.10 Å². The minimum atomic E-state index is 0.272. The normalized spacial score (nSPS) is 13.2. The summed E-state index contributed by atoms with van der Waals surface area (Å²) in [6.07, 6.45) is 1.82. The fourth-order valence-electron chi connectivity index (χ4n) is 1.66. The van der Waals surface area contributed by atoms with Gasteiger partial charge in [-0.05, 0) is 5.56 Å². The van der Waals surface area contributed by atoms with Crippen molar-refractivity contribution in [1.82, 2.24) is 10.2 Å². The smallest absolute Gasteiger partial charge is 0.0888 e. The van der Waals surface area contributed by atoms with E-state index in [4.69, 9.17) is 4.89 Å². The van der Waals surface area contributed by atoms with Crippen LogP contribution in [-0.2, 0) is 9.78 Å². The molecule has 0 aliphatic rings. The molecular formula is C11H14N2O2. The Bertz CT molecular complexity index is 439. The number of nitrogens with one attached hydrogen (secondary N) is 1. The maximum absolute atomic E-state index is 4.94. The van der Waals surface area contributed by atoms with Crippen molar-refractivity contribution in [3.8, 4) is 0 Å². The lowest BCUT2D eigenvalue weighted by molar-refractivity contribution is -0.274. The zero-order valence-electron chi connectivity index (χ0n) is 8.86. The van der Waals surface area contributed by atoms with Crippen LogP contribution < -0.4 is 0 Å². The summed E-state index contributed by atoms with van der Waals surface area (Å²) in [5, 5.41) is 8.15. The zero-order chi connectivity index (χ0) is 10.7. The molecule has 0 saturated carbocycles. The van der Waals surface area contributed by atoms with Crippen molar-refractivity contribution in [3.63, 3.8) is 0 Å². The van der Waals surface area contributed by atoms with Gasteiger partial charge in [0.15, 0.2) is 0 Å². The molecule has 0 bridgehead atoms. The average molecular weight is 206 g/mol. The van der Waals surface area contributed by atoms with E-state index in [1.165, 1.54) is 12.7 Å². The summed E-state index contributed by atoms with van der Waals surface area (Å²) >= 11 is 0. The molecule has 1 atom stereocenters. The largest absolute Gasteiger partial charge is 0.278 e. The third-order valence-electron chi connectivity index (χ3n) is 2.48. The van der Waals surface area contributed by atoms with Gasteiger partial charge in [0.05, 0.1) is 25.4 Å². The maximum Gasteiger partial charge on any atom is 0.0888 e. The first-order valence-corrected chi connectivity index (χ1v) is 4.90. The van der Waals surface area contributed by atoms with Crippen LogP contribution >= 0.6 is 0 Å². The van der Waals surface area contributed by atoms with Crippen LogP contribution in [0.15, 0.2) is 24.4 Å². The summed E-state index contributed by atoms with van der Waals surface area (Å²) in [6, 6.07) is 6.13. The highest BCUT2D eigenvalue weighted by Crippen LogP contribution is 2.23. The molecule has 0 saturated heterocycles. The van der Waals surface area contributed by atoms with E-state index in [0.29, 0.717) is 6.61 Å². The summed E-state index contributed by atoms with van der Waals surface area (Å²) < 4.78 is 0. The summed E-state index contributed by atoms with van der Waals surface area (Å²) in [5.41, 5.74) is 2.27. The second kappa shape index (κ2) is 4.42. The van der Waals surface area contributed by atoms with Crippen LogP contribution in [0.1, 0.15) is 18.4 Å². The van der Waals surface area contributed by atoms with E-state index in [1.54, 1.807) is 0 Å². The summed E-state index contributed by atoms with van der Waals surface area (Å²) in [5.74, 6) is 0.272. The minimum absolute atomic E-state index is 0.272. The molecule has 4 heteroatoms. The summed E-state index contributed by atoms with van der Waals surface area (Å²) in [7, 11) is 1.52. The van der Waals surface area contributed by atoms with Gasteiger partial charge in [-0.1, -0.05) is 25.1 Å². The summed E-state index contributed by atoms with van der Waals surface area (Å²) in [4.78, 5) is 9.54. The van der Waals surface area contributed by atoms with Gasteiger partial charge in [0, 0.05) is 11.3 Å². The van der Waals surface area contributed by atoms with Crippen LogP contribution in [0.3, 0.4) is 0 Å². The predicted molar refractivity (Wildman–Crippen MR) is 57.5 cm³/mol. The molecule has 0 aliphatic heterocycles. The van der Waals surface area contributed by atoms with Crippen molar-refractivity contribution < 1.29 is 9.78 Å². The van der Waals surface area contributed by atoms with E-state index in [-0.39, 0.29) is 5.92 Å². The standard InChI is InChI=1S/C11H14N2O2/c1-8(7-15-14-2)10-5-3-4-9-6-12-13-11(9)10/h3-6,8H,7H2,1-2H3,(H,12,13). The Morgan fingerprint density at radius 2 is 2.33 bits per heavy atom. The van der Waals surface area contributed by atoms with Crippen molar-refractivity contribution in [2.45, 2.75) is 12.8 Å². The predicted octanol–water partition coefficient (Wildman–Crippen LogP) is 2.24. The molecule has 80 valence electrons. The van der Waals surface area contributed by atoms with E-state index < -0.39 is 0 Å². The topological polar surface area (TPSA) is 47.1 Å². The molecular weight excluding hydrogens is 192 g/mol. The first-order valence-electron chi connectivity index (χ1n) is 4.90.